The van der Waals surface area contributed by atoms with E-state index in [0.29, 0.717) is 5.92 Å². The summed E-state index contributed by atoms with van der Waals surface area (Å²) in [4.78, 5) is 0. The van der Waals surface area contributed by atoms with Crippen molar-refractivity contribution in [2.45, 2.75) is 160 Å². The molecule has 0 N–H and O–H groups in total. The molecule has 0 heteroatoms. The second kappa shape index (κ2) is 17.7. The van der Waals surface area contributed by atoms with Crippen molar-refractivity contribution in [1.29, 1.82) is 0 Å². The molecule has 4 atom stereocenters. The van der Waals surface area contributed by atoms with Gasteiger partial charge in [0.2, 0.25) is 0 Å². The Morgan fingerprint density at radius 1 is 0.833 bits per heavy atom. The van der Waals surface area contributed by atoms with Gasteiger partial charge in [0.1, 0.15) is 0 Å². The Hall–Kier alpha value is -1.56. The zero-order valence-corrected chi connectivity index (χ0v) is 30.5. The van der Waals surface area contributed by atoms with Crippen molar-refractivity contribution in [3.05, 3.63) is 71.4 Å². The number of hydrogen-bond acceptors (Lipinski definition) is 0. The van der Waals surface area contributed by atoms with E-state index in [4.69, 9.17) is 0 Å². The lowest BCUT2D eigenvalue weighted by Gasteiger charge is -2.42. The summed E-state index contributed by atoms with van der Waals surface area (Å²) < 4.78 is 0. The van der Waals surface area contributed by atoms with Crippen LogP contribution in [0.15, 0.2) is 71.4 Å². The molecule has 240 valence electrons. The minimum absolute atomic E-state index is 0.0626. The van der Waals surface area contributed by atoms with Gasteiger partial charge in [-0.05, 0) is 120 Å². The smallest absolute Gasteiger partial charge is 0.00629 e. The van der Waals surface area contributed by atoms with Gasteiger partial charge in [-0.3, -0.25) is 0 Å². The average molecular weight is 577 g/mol. The maximum Gasteiger partial charge on any atom is 0.00629 e. The number of rotatable bonds is 19. The summed E-state index contributed by atoms with van der Waals surface area (Å²) in [6, 6.07) is 0. The molecule has 4 unspecified atom stereocenters. The highest BCUT2D eigenvalue weighted by molar-refractivity contribution is 5.25. The molecule has 0 radical (unpaired) electrons. The third kappa shape index (κ3) is 11.8. The van der Waals surface area contributed by atoms with Crippen molar-refractivity contribution in [2.75, 3.05) is 0 Å². The van der Waals surface area contributed by atoms with Gasteiger partial charge in [0.15, 0.2) is 0 Å². The van der Waals surface area contributed by atoms with E-state index in [9.17, 15) is 0 Å². The Labute approximate surface area is 265 Å². The van der Waals surface area contributed by atoms with Gasteiger partial charge in [-0.1, -0.05) is 133 Å². The lowest BCUT2D eigenvalue weighted by Crippen LogP contribution is -2.31. The van der Waals surface area contributed by atoms with E-state index in [0.717, 1.165) is 50.4 Å². The number of allylic oxidation sites excluding steroid dienone is 10. The Morgan fingerprint density at radius 3 is 1.98 bits per heavy atom. The van der Waals surface area contributed by atoms with Crippen molar-refractivity contribution in [3.8, 4) is 0 Å². The predicted octanol–water partition coefficient (Wildman–Crippen LogP) is 14.2. The molecule has 0 aromatic carbocycles. The second-order valence-electron chi connectivity index (χ2n) is 15.5. The van der Waals surface area contributed by atoms with E-state index in [1.807, 2.05) is 0 Å². The van der Waals surface area contributed by atoms with Gasteiger partial charge in [-0.2, -0.15) is 0 Å². The molecule has 0 aliphatic heterocycles. The molecule has 0 bridgehead atoms. The Bertz CT molecular complexity index is 970. The van der Waals surface area contributed by atoms with Crippen LogP contribution in [0.3, 0.4) is 0 Å². The van der Waals surface area contributed by atoms with Crippen molar-refractivity contribution in [2.24, 2.45) is 34.0 Å². The monoisotopic (exact) mass is 577 g/mol. The van der Waals surface area contributed by atoms with E-state index < -0.39 is 0 Å². The molecule has 0 fully saturated rings. The quantitative estimate of drug-likeness (QED) is 0.134. The molecule has 0 aromatic heterocycles. The highest BCUT2D eigenvalue weighted by atomic mass is 14.4. The van der Waals surface area contributed by atoms with Crippen molar-refractivity contribution >= 4 is 0 Å². The van der Waals surface area contributed by atoms with Gasteiger partial charge in [-0.25, -0.2) is 0 Å². The highest BCUT2D eigenvalue weighted by Gasteiger charge is 2.36. The van der Waals surface area contributed by atoms with Crippen LogP contribution in [0.2, 0.25) is 0 Å². The summed E-state index contributed by atoms with van der Waals surface area (Å²) in [5, 5.41) is 0. The van der Waals surface area contributed by atoms with Gasteiger partial charge < -0.3 is 0 Å². The van der Waals surface area contributed by atoms with Crippen LogP contribution in [0.5, 0.6) is 0 Å². The predicted molar refractivity (Wildman–Crippen MR) is 193 cm³/mol. The van der Waals surface area contributed by atoms with Crippen LogP contribution in [-0.2, 0) is 0 Å². The first-order valence-corrected chi connectivity index (χ1v) is 17.6. The van der Waals surface area contributed by atoms with Crippen molar-refractivity contribution in [3.63, 3.8) is 0 Å². The lowest BCUT2D eigenvalue weighted by molar-refractivity contribution is 0.201. The van der Waals surface area contributed by atoms with E-state index in [1.54, 1.807) is 5.57 Å². The van der Waals surface area contributed by atoms with Crippen LogP contribution in [0, 0.1) is 34.0 Å². The molecule has 0 nitrogen and oxygen atoms in total. The fraction of sp³-hybridized carbons (Fsp3) is 0.714. The van der Waals surface area contributed by atoms with Gasteiger partial charge in [0.05, 0.1) is 0 Å². The summed E-state index contributed by atoms with van der Waals surface area (Å²) in [6.45, 7) is 37.2. The van der Waals surface area contributed by atoms with Crippen LogP contribution in [0.4, 0.5) is 0 Å². The molecule has 1 aliphatic carbocycles. The van der Waals surface area contributed by atoms with E-state index in [2.05, 4.69) is 127 Å². The molecule has 0 heterocycles. The zero-order valence-electron chi connectivity index (χ0n) is 30.5. The molecular weight excluding hydrogens is 504 g/mol. The highest BCUT2D eigenvalue weighted by Crippen LogP contribution is 2.48. The summed E-state index contributed by atoms with van der Waals surface area (Å²) >= 11 is 0. The molecule has 1 aliphatic rings. The number of hydrogen-bond donors (Lipinski definition) is 0. The largest absolute Gasteiger partial charge is 0.102 e. The molecule has 0 spiro atoms. The van der Waals surface area contributed by atoms with Crippen LogP contribution in [-0.4, -0.2) is 0 Å². The van der Waals surface area contributed by atoms with Gasteiger partial charge in [0.25, 0.3) is 0 Å². The van der Waals surface area contributed by atoms with E-state index in [-0.39, 0.29) is 16.2 Å². The van der Waals surface area contributed by atoms with Gasteiger partial charge >= 0.3 is 0 Å². The molecule has 0 saturated heterocycles. The SMILES string of the molecule is C=CC(C)(CC/C=C(\C)C(C)(C)CCC=C(C)C)C1=CC(CCC(=C)C(C)(C)CC/C=C(\C)CC)C(CC)C(CC)C1. The standard InChI is InChI=1S/C42H72/c1-15-33(7)23-20-28-41(12,13)35(9)25-26-37-31-38(30-36(16-2)39(37)17-3)42(14,18-4)29-21-24-34(8)40(10,11)27-19-22-32(5)6/h18,22-24,31,36-37,39H,4,9,15-17,19-21,25-30H2,1-3,5-8,10-14H3/b33-23+,34-24+. The Morgan fingerprint density at radius 2 is 1.43 bits per heavy atom. The van der Waals surface area contributed by atoms with Gasteiger partial charge in [-0.15, -0.1) is 6.58 Å². The van der Waals surface area contributed by atoms with Crippen LogP contribution in [0.25, 0.3) is 0 Å². The Balaban J connectivity index is 3.06. The summed E-state index contributed by atoms with van der Waals surface area (Å²) in [7, 11) is 0. The normalized spacial score (nSPS) is 21.9. The molecule has 0 saturated carbocycles. The minimum atomic E-state index is 0.0626. The van der Waals surface area contributed by atoms with E-state index in [1.165, 1.54) is 60.8 Å². The molecule has 42 heavy (non-hydrogen) atoms. The molecule has 1 rings (SSSR count). The van der Waals surface area contributed by atoms with Gasteiger partial charge in [0, 0.05) is 5.41 Å². The Kier molecular flexibility index (Phi) is 16.2. The van der Waals surface area contributed by atoms with Crippen LogP contribution in [0.1, 0.15) is 160 Å². The third-order valence-corrected chi connectivity index (χ3v) is 11.3. The maximum absolute atomic E-state index is 4.64. The topological polar surface area (TPSA) is 0 Å². The van der Waals surface area contributed by atoms with Crippen molar-refractivity contribution < 1.29 is 0 Å². The zero-order chi connectivity index (χ0) is 32.1. The molecule has 0 aromatic rings. The molecule has 0 amide bonds. The third-order valence-electron chi connectivity index (χ3n) is 11.3. The van der Waals surface area contributed by atoms with Crippen molar-refractivity contribution in [1.82, 2.24) is 0 Å². The van der Waals surface area contributed by atoms with Crippen LogP contribution < -0.4 is 0 Å². The first-order chi connectivity index (χ1) is 19.6. The maximum atomic E-state index is 4.64. The molecular formula is C42H72. The summed E-state index contributed by atoms with van der Waals surface area (Å²) in [6.07, 6.45) is 26.6. The summed E-state index contributed by atoms with van der Waals surface area (Å²) in [5.41, 5.74) is 8.05. The minimum Gasteiger partial charge on any atom is -0.102 e. The average Bonchev–Trinajstić information content (AvgIpc) is 2.94. The van der Waals surface area contributed by atoms with E-state index >= 15 is 0 Å². The first-order valence-electron chi connectivity index (χ1n) is 17.6. The van der Waals surface area contributed by atoms with Crippen LogP contribution >= 0.6 is 0 Å². The fourth-order valence-corrected chi connectivity index (χ4v) is 6.89. The summed E-state index contributed by atoms with van der Waals surface area (Å²) in [5.74, 6) is 2.20. The first kappa shape index (κ1) is 38.5. The lowest BCUT2D eigenvalue weighted by atomic mass is 9.63. The second-order valence-corrected chi connectivity index (χ2v) is 15.5. The fourth-order valence-electron chi connectivity index (χ4n) is 6.89.